The van der Waals surface area contributed by atoms with Crippen molar-refractivity contribution in [1.82, 2.24) is 45.7 Å². The molecule has 262 valence electrons. The van der Waals surface area contributed by atoms with Crippen LogP contribution < -0.4 is 21.3 Å². The fourth-order valence-corrected chi connectivity index (χ4v) is 5.65. The fourth-order valence-electron chi connectivity index (χ4n) is 5.65. The lowest BCUT2D eigenvalue weighted by Crippen LogP contribution is -2.57. The quantitative estimate of drug-likeness (QED) is 0.231. The first kappa shape index (κ1) is 35.6. The van der Waals surface area contributed by atoms with E-state index in [2.05, 4.69) is 36.3 Å². The normalized spacial score (nSPS) is 20.1. The molecule has 2 aromatic carbocycles. The molecule has 2 aliphatic rings. The van der Waals surface area contributed by atoms with Crippen molar-refractivity contribution in [3.05, 3.63) is 95.6 Å². The molecular formula is C36H43N9O5. The van der Waals surface area contributed by atoms with E-state index in [-0.39, 0.29) is 36.5 Å². The number of aromatic nitrogens is 4. The highest BCUT2D eigenvalue weighted by Gasteiger charge is 2.30. The topological polar surface area (TPSA) is 180 Å². The average molecular weight is 682 g/mol. The van der Waals surface area contributed by atoms with Gasteiger partial charge < -0.3 is 26.2 Å². The number of hydrogen-bond acceptors (Lipinski definition) is 8. The molecule has 50 heavy (non-hydrogen) atoms. The summed E-state index contributed by atoms with van der Waals surface area (Å²) in [6.07, 6.45) is 4.87. The van der Waals surface area contributed by atoms with E-state index in [9.17, 15) is 24.0 Å². The molecule has 2 bridgehead atoms. The number of nitrogens with one attached hydrogen (secondary N) is 4. The minimum atomic E-state index is -0.998. The number of nitrogens with zero attached hydrogens (tertiary/aromatic N) is 5. The third kappa shape index (κ3) is 9.49. The standard InChI is InChI=1S/C36H43N9O5/c1-23(2)20-28-33(48)39-24(3)31(46)37-16-7-8-18-44(35(50)30-42-36-38-17-9-19-45(36)43-30)22-26-12-14-27(15-13-26)32(47)40-29(34(49)41-28)21-25-10-5-4-6-11-25/h4-6,9-15,17,19,23-24,28-29H,7-8,16,18,20-22H2,1-3H3,(H,37,46)(H,39,48)(H,40,47)(H,41,49)/t24-,28+,29-/m1/s1. The van der Waals surface area contributed by atoms with Gasteiger partial charge in [-0.15, -0.1) is 5.10 Å². The summed E-state index contributed by atoms with van der Waals surface area (Å²) in [5.74, 6) is -1.89. The number of carbonyl (C=O) groups is 5. The second-order valence-corrected chi connectivity index (χ2v) is 12.9. The van der Waals surface area contributed by atoms with Gasteiger partial charge in [-0.1, -0.05) is 56.3 Å². The zero-order valence-corrected chi connectivity index (χ0v) is 28.5. The van der Waals surface area contributed by atoms with Gasteiger partial charge in [0, 0.05) is 44.0 Å². The van der Waals surface area contributed by atoms with Gasteiger partial charge in [-0.2, -0.15) is 4.98 Å². The summed E-state index contributed by atoms with van der Waals surface area (Å²) in [5.41, 5.74) is 1.92. The van der Waals surface area contributed by atoms with Crippen molar-refractivity contribution in [1.29, 1.82) is 0 Å². The maximum absolute atomic E-state index is 13.8. The summed E-state index contributed by atoms with van der Waals surface area (Å²) in [6.45, 7) is 6.33. The van der Waals surface area contributed by atoms with Crippen LogP contribution in [0.15, 0.2) is 73.1 Å². The average Bonchev–Trinajstić information content (AvgIpc) is 3.54. The van der Waals surface area contributed by atoms with Crippen molar-refractivity contribution in [3.8, 4) is 0 Å². The molecule has 0 saturated heterocycles. The molecule has 0 unspecified atom stereocenters. The molecule has 0 spiro atoms. The summed E-state index contributed by atoms with van der Waals surface area (Å²) < 4.78 is 1.43. The van der Waals surface area contributed by atoms with Crippen LogP contribution in [0.4, 0.5) is 0 Å². The zero-order valence-electron chi connectivity index (χ0n) is 28.5. The Morgan fingerprint density at radius 1 is 0.880 bits per heavy atom. The summed E-state index contributed by atoms with van der Waals surface area (Å²) >= 11 is 0. The van der Waals surface area contributed by atoms with E-state index < -0.39 is 35.8 Å². The van der Waals surface area contributed by atoms with Gasteiger partial charge in [0.25, 0.3) is 17.6 Å². The molecular weight excluding hydrogens is 638 g/mol. The summed E-state index contributed by atoms with van der Waals surface area (Å²) in [6, 6.07) is 15.0. The molecule has 3 atom stereocenters. The first-order valence-corrected chi connectivity index (χ1v) is 16.9. The molecule has 5 amide bonds. The van der Waals surface area contributed by atoms with Crippen molar-refractivity contribution in [2.75, 3.05) is 13.1 Å². The molecule has 4 aromatic rings. The van der Waals surface area contributed by atoms with Crippen LogP contribution in [0.1, 0.15) is 72.1 Å². The highest BCUT2D eigenvalue weighted by Crippen LogP contribution is 2.14. The van der Waals surface area contributed by atoms with Gasteiger partial charge in [-0.3, -0.25) is 24.0 Å². The van der Waals surface area contributed by atoms with E-state index in [0.717, 1.165) is 11.1 Å². The van der Waals surface area contributed by atoms with Crippen LogP contribution in [0.25, 0.3) is 5.78 Å². The van der Waals surface area contributed by atoms with Gasteiger partial charge in [-0.05, 0) is 61.4 Å². The van der Waals surface area contributed by atoms with Crippen LogP contribution in [0.5, 0.6) is 0 Å². The number of amides is 5. The molecule has 0 aliphatic carbocycles. The van der Waals surface area contributed by atoms with Crippen molar-refractivity contribution in [3.63, 3.8) is 0 Å². The van der Waals surface area contributed by atoms with Gasteiger partial charge in [0.2, 0.25) is 23.5 Å². The van der Waals surface area contributed by atoms with Crippen molar-refractivity contribution >= 4 is 35.3 Å². The van der Waals surface area contributed by atoms with Crippen LogP contribution in [0, 0.1) is 5.92 Å². The zero-order chi connectivity index (χ0) is 35.6. The molecule has 4 heterocycles. The predicted molar refractivity (Wildman–Crippen MR) is 185 cm³/mol. The van der Waals surface area contributed by atoms with E-state index in [1.807, 2.05) is 44.2 Å². The Hall–Kier alpha value is -5.66. The smallest absolute Gasteiger partial charge is 0.293 e. The number of carbonyl (C=O) groups excluding carboxylic acids is 5. The largest absolute Gasteiger partial charge is 0.354 e. The van der Waals surface area contributed by atoms with Gasteiger partial charge in [-0.25, -0.2) is 9.50 Å². The highest BCUT2D eigenvalue weighted by atomic mass is 16.2. The number of benzene rings is 2. The SMILES string of the molecule is CC(C)C[C@@H]1NC(=O)[C@@H](Cc2ccccc2)NC(=O)c2ccc(cc2)CN(C(=O)c2nc3ncccn3n2)CCCCNC(=O)[C@@H](C)NC1=O. The third-order valence-corrected chi connectivity index (χ3v) is 8.34. The van der Waals surface area contributed by atoms with Gasteiger partial charge in [0.15, 0.2) is 0 Å². The fraction of sp³-hybridized carbons (Fsp3) is 0.389. The van der Waals surface area contributed by atoms with Crippen LogP contribution in [-0.4, -0.2) is 85.2 Å². The van der Waals surface area contributed by atoms with E-state index >= 15 is 0 Å². The van der Waals surface area contributed by atoms with Crippen molar-refractivity contribution in [2.45, 2.75) is 71.1 Å². The number of hydrogen-bond donors (Lipinski definition) is 4. The molecule has 6 rings (SSSR count). The summed E-state index contributed by atoms with van der Waals surface area (Å²) in [5, 5.41) is 15.6. The maximum atomic E-state index is 13.8. The van der Waals surface area contributed by atoms with E-state index in [1.54, 1.807) is 54.5 Å². The van der Waals surface area contributed by atoms with E-state index in [4.69, 9.17) is 0 Å². The Labute approximate surface area is 290 Å². The minimum absolute atomic E-state index is 0.00148. The van der Waals surface area contributed by atoms with Gasteiger partial charge in [0.05, 0.1) is 0 Å². The van der Waals surface area contributed by atoms with E-state index in [0.29, 0.717) is 43.7 Å². The first-order chi connectivity index (χ1) is 24.1. The molecule has 0 radical (unpaired) electrons. The Morgan fingerprint density at radius 2 is 1.62 bits per heavy atom. The molecule has 14 heteroatoms. The number of rotatable bonds is 5. The summed E-state index contributed by atoms with van der Waals surface area (Å²) in [7, 11) is 0. The lowest BCUT2D eigenvalue weighted by atomic mass is 10.0. The van der Waals surface area contributed by atoms with Gasteiger partial charge in [0.1, 0.15) is 18.1 Å². The molecule has 14 nitrogen and oxygen atoms in total. The van der Waals surface area contributed by atoms with Crippen LogP contribution in [0.2, 0.25) is 0 Å². The van der Waals surface area contributed by atoms with Crippen LogP contribution in [-0.2, 0) is 27.3 Å². The van der Waals surface area contributed by atoms with Gasteiger partial charge >= 0.3 is 0 Å². The van der Waals surface area contributed by atoms with Crippen LogP contribution >= 0.6 is 0 Å². The highest BCUT2D eigenvalue weighted by molar-refractivity contribution is 5.99. The molecule has 2 aliphatic heterocycles. The predicted octanol–water partition coefficient (Wildman–Crippen LogP) is 2.05. The second-order valence-electron chi connectivity index (χ2n) is 12.9. The second kappa shape index (κ2) is 16.6. The Morgan fingerprint density at radius 3 is 2.34 bits per heavy atom. The first-order valence-electron chi connectivity index (χ1n) is 16.9. The Balaban J connectivity index is 1.41. The monoisotopic (exact) mass is 681 g/mol. The lowest BCUT2D eigenvalue weighted by molar-refractivity contribution is -0.132. The summed E-state index contributed by atoms with van der Waals surface area (Å²) in [4.78, 5) is 77.3. The maximum Gasteiger partial charge on any atom is 0.293 e. The van der Waals surface area contributed by atoms with Crippen molar-refractivity contribution in [2.24, 2.45) is 5.92 Å². The third-order valence-electron chi connectivity index (χ3n) is 8.34. The molecule has 4 N–H and O–H groups in total. The number of fused-ring (bicyclic) bond motifs is 19. The lowest BCUT2D eigenvalue weighted by Gasteiger charge is -2.25. The minimum Gasteiger partial charge on any atom is -0.354 e. The van der Waals surface area contributed by atoms with Crippen molar-refractivity contribution < 1.29 is 24.0 Å². The molecule has 0 fully saturated rings. The van der Waals surface area contributed by atoms with Crippen LogP contribution in [0.3, 0.4) is 0 Å². The molecule has 0 saturated carbocycles. The van der Waals surface area contributed by atoms with E-state index in [1.165, 1.54) is 4.52 Å². The Kier molecular flexibility index (Phi) is 11.9. The molecule has 2 aromatic heterocycles. The Bertz CT molecular complexity index is 1780.